The smallest absolute Gasteiger partial charge is 0.220 e. The van der Waals surface area contributed by atoms with E-state index in [2.05, 4.69) is 107 Å². The third kappa shape index (κ3) is 6.91. The molecule has 1 fully saturated rings. The second-order valence-corrected chi connectivity index (χ2v) is 10.4. The average Bonchev–Trinajstić information content (AvgIpc) is 3.31. The normalized spacial score (nSPS) is 15.0. The highest BCUT2D eigenvalue weighted by Gasteiger charge is 2.21. The summed E-state index contributed by atoms with van der Waals surface area (Å²) in [5.74, 6) is 0.273. The third-order valence-corrected chi connectivity index (χ3v) is 7.64. The zero-order valence-electron chi connectivity index (χ0n) is 22.4. The van der Waals surface area contributed by atoms with E-state index in [0.29, 0.717) is 13.0 Å². The SMILES string of the molecule is Cc1ccc(Cn2cc([C@@H](CCc3ccccc3)CC(=O)NCCN3CCOCC3)c3ccccc32)cc1. The highest BCUT2D eigenvalue weighted by atomic mass is 16.5. The molecule has 3 aromatic carbocycles. The van der Waals surface area contributed by atoms with Gasteiger partial charge in [-0.3, -0.25) is 9.69 Å². The molecule has 198 valence electrons. The number of amides is 1. The van der Waals surface area contributed by atoms with Gasteiger partial charge < -0.3 is 14.6 Å². The molecule has 1 aliphatic heterocycles. The second kappa shape index (κ2) is 12.9. The van der Waals surface area contributed by atoms with Crippen LogP contribution < -0.4 is 5.32 Å². The fourth-order valence-electron chi connectivity index (χ4n) is 5.45. The molecule has 5 rings (SSSR count). The van der Waals surface area contributed by atoms with Crippen molar-refractivity contribution in [1.29, 1.82) is 0 Å². The lowest BCUT2D eigenvalue weighted by atomic mass is 9.89. The average molecular weight is 510 g/mol. The maximum Gasteiger partial charge on any atom is 0.220 e. The molecular formula is C33H39N3O2. The second-order valence-electron chi connectivity index (χ2n) is 10.4. The Morgan fingerprint density at radius 1 is 0.921 bits per heavy atom. The molecule has 2 heterocycles. The monoisotopic (exact) mass is 509 g/mol. The Kier molecular flexibility index (Phi) is 8.90. The number of benzene rings is 3. The van der Waals surface area contributed by atoms with Crippen molar-refractivity contribution in [2.24, 2.45) is 0 Å². The van der Waals surface area contributed by atoms with Gasteiger partial charge in [0.1, 0.15) is 0 Å². The topological polar surface area (TPSA) is 46.5 Å². The van der Waals surface area contributed by atoms with E-state index in [1.807, 2.05) is 0 Å². The molecule has 0 saturated carbocycles. The molecule has 1 aliphatic rings. The predicted molar refractivity (Wildman–Crippen MR) is 155 cm³/mol. The molecule has 1 atom stereocenters. The first kappa shape index (κ1) is 26.2. The van der Waals surface area contributed by atoms with Gasteiger partial charge in [-0.2, -0.15) is 0 Å². The van der Waals surface area contributed by atoms with Gasteiger partial charge in [-0.05, 0) is 48.4 Å². The molecule has 0 spiro atoms. The van der Waals surface area contributed by atoms with Crippen LogP contribution >= 0.6 is 0 Å². The Hall–Kier alpha value is -3.41. The summed E-state index contributed by atoms with van der Waals surface area (Å²) >= 11 is 0. The van der Waals surface area contributed by atoms with Gasteiger partial charge in [-0.25, -0.2) is 0 Å². The van der Waals surface area contributed by atoms with Crippen molar-refractivity contribution in [3.05, 3.63) is 107 Å². The molecule has 0 radical (unpaired) electrons. The van der Waals surface area contributed by atoms with E-state index in [1.165, 1.54) is 33.2 Å². The summed E-state index contributed by atoms with van der Waals surface area (Å²) in [4.78, 5) is 15.5. The summed E-state index contributed by atoms with van der Waals surface area (Å²) in [6, 6.07) is 28.0. The summed E-state index contributed by atoms with van der Waals surface area (Å²) in [5, 5.41) is 4.45. The largest absolute Gasteiger partial charge is 0.379 e. The minimum Gasteiger partial charge on any atom is -0.379 e. The van der Waals surface area contributed by atoms with E-state index in [1.54, 1.807) is 0 Å². The number of fused-ring (bicyclic) bond motifs is 1. The van der Waals surface area contributed by atoms with Crippen LogP contribution in [0.5, 0.6) is 0 Å². The Bertz CT molecular complexity index is 1310. The number of carbonyl (C=O) groups excluding carboxylic acids is 1. The molecular weight excluding hydrogens is 470 g/mol. The number of carbonyl (C=O) groups is 1. The first-order chi connectivity index (χ1) is 18.7. The van der Waals surface area contributed by atoms with Crippen molar-refractivity contribution >= 4 is 16.8 Å². The number of rotatable bonds is 11. The molecule has 1 amide bonds. The summed E-state index contributed by atoms with van der Waals surface area (Å²) in [7, 11) is 0. The third-order valence-electron chi connectivity index (χ3n) is 7.64. The fourth-order valence-corrected chi connectivity index (χ4v) is 5.45. The van der Waals surface area contributed by atoms with Crippen molar-refractivity contribution in [3.8, 4) is 0 Å². The van der Waals surface area contributed by atoms with Crippen LogP contribution in [0.2, 0.25) is 0 Å². The van der Waals surface area contributed by atoms with Crippen LogP contribution in [0, 0.1) is 6.92 Å². The van der Waals surface area contributed by atoms with E-state index in [9.17, 15) is 4.79 Å². The number of morpholine rings is 1. The zero-order valence-corrected chi connectivity index (χ0v) is 22.4. The lowest BCUT2D eigenvalue weighted by Crippen LogP contribution is -2.41. The maximum absolute atomic E-state index is 13.2. The summed E-state index contributed by atoms with van der Waals surface area (Å²) < 4.78 is 7.79. The van der Waals surface area contributed by atoms with E-state index >= 15 is 0 Å². The van der Waals surface area contributed by atoms with Crippen LogP contribution in [0.3, 0.4) is 0 Å². The van der Waals surface area contributed by atoms with E-state index in [4.69, 9.17) is 4.74 Å². The molecule has 5 heteroatoms. The molecule has 0 aliphatic carbocycles. The highest BCUT2D eigenvalue weighted by Crippen LogP contribution is 2.33. The lowest BCUT2D eigenvalue weighted by molar-refractivity contribution is -0.121. The van der Waals surface area contributed by atoms with Crippen LogP contribution in [0.25, 0.3) is 10.9 Å². The summed E-state index contributed by atoms with van der Waals surface area (Å²) in [6.45, 7) is 7.93. The number of ether oxygens (including phenoxy) is 1. The van der Waals surface area contributed by atoms with Crippen LogP contribution in [0.4, 0.5) is 0 Å². The van der Waals surface area contributed by atoms with Gasteiger partial charge >= 0.3 is 0 Å². The number of aryl methyl sites for hydroxylation is 2. The fraction of sp³-hybridized carbons (Fsp3) is 0.364. The molecule has 0 bridgehead atoms. The van der Waals surface area contributed by atoms with E-state index in [-0.39, 0.29) is 11.8 Å². The molecule has 5 nitrogen and oxygen atoms in total. The molecule has 1 aromatic heterocycles. The van der Waals surface area contributed by atoms with Crippen LogP contribution in [-0.2, 0) is 22.5 Å². The lowest BCUT2D eigenvalue weighted by Gasteiger charge is -2.26. The first-order valence-corrected chi connectivity index (χ1v) is 13.9. The van der Waals surface area contributed by atoms with E-state index in [0.717, 1.165) is 52.2 Å². The van der Waals surface area contributed by atoms with Crippen molar-refractivity contribution in [2.45, 2.75) is 38.6 Å². The molecule has 1 saturated heterocycles. The van der Waals surface area contributed by atoms with Crippen molar-refractivity contribution in [1.82, 2.24) is 14.8 Å². The quantitative estimate of drug-likeness (QED) is 0.288. The maximum atomic E-state index is 13.2. The number of hydrogen-bond acceptors (Lipinski definition) is 3. The Morgan fingerprint density at radius 2 is 1.66 bits per heavy atom. The standard InChI is InChI=1S/C33H39N3O2/c1-26-11-13-28(14-12-26)24-36-25-31(30-9-5-6-10-32(30)36)29(16-15-27-7-3-2-4-8-27)23-33(37)34-17-18-35-19-21-38-22-20-35/h2-14,25,29H,15-24H2,1H3,(H,34,37)/t29-/m0/s1. The molecule has 4 aromatic rings. The Balaban J connectivity index is 1.35. The van der Waals surface area contributed by atoms with Crippen molar-refractivity contribution in [3.63, 3.8) is 0 Å². The Morgan fingerprint density at radius 3 is 2.45 bits per heavy atom. The van der Waals surface area contributed by atoms with Gasteiger partial charge in [0.25, 0.3) is 0 Å². The molecule has 1 N–H and O–H groups in total. The number of nitrogens with zero attached hydrogens (tertiary/aromatic N) is 2. The summed E-state index contributed by atoms with van der Waals surface area (Å²) in [6.07, 6.45) is 4.67. The molecule has 0 unspecified atom stereocenters. The number of para-hydroxylation sites is 1. The number of aromatic nitrogens is 1. The van der Waals surface area contributed by atoms with Gasteiger partial charge in [-0.15, -0.1) is 0 Å². The predicted octanol–water partition coefficient (Wildman–Crippen LogP) is 5.55. The minimum atomic E-state index is 0.131. The van der Waals surface area contributed by atoms with Crippen molar-refractivity contribution in [2.75, 3.05) is 39.4 Å². The van der Waals surface area contributed by atoms with Gasteiger partial charge in [0.05, 0.1) is 13.2 Å². The van der Waals surface area contributed by atoms with Gasteiger partial charge in [0.2, 0.25) is 5.91 Å². The van der Waals surface area contributed by atoms with Crippen molar-refractivity contribution < 1.29 is 9.53 Å². The minimum absolute atomic E-state index is 0.131. The van der Waals surface area contributed by atoms with Gasteiger partial charge in [0.15, 0.2) is 0 Å². The first-order valence-electron chi connectivity index (χ1n) is 13.9. The zero-order chi connectivity index (χ0) is 26.2. The van der Waals surface area contributed by atoms with Crippen LogP contribution in [-0.4, -0.2) is 54.8 Å². The van der Waals surface area contributed by atoms with Gasteiger partial charge in [0, 0.05) is 56.2 Å². The van der Waals surface area contributed by atoms with E-state index < -0.39 is 0 Å². The van der Waals surface area contributed by atoms with Gasteiger partial charge in [-0.1, -0.05) is 78.4 Å². The Labute approximate surface area is 226 Å². The number of hydrogen-bond donors (Lipinski definition) is 1. The van der Waals surface area contributed by atoms with Crippen LogP contribution in [0.15, 0.2) is 85.1 Å². The summed E-state index contributed by atoms with van der Waals surface area (Å²) in [5.41, 5.74) is 6.36. The number of nitrogens with one attached hydrogen (secondary N) is 1. The van der Waals surface area contributed by atoms with Crippen LogP contribution in [0.1, 0.15) is 41.0 Å². The highest BCUT2D eigenvalue weighted by molar-refractivity contribution is 5.86. The molecule has 38 heavy (non-hydrogen) atoms.